The molecular weight excluding hydrogens is 366 g/mol. The van der Waals surface area contributed by atoms with Gasteiger partial charge in [-0.15, -0.1) is 0 Å². The molecule has 1 aliphatic rings. The van der Waals surface area contributed by atoms with Crippen molar-refractivity contribution < 1.29 is 4.79 Å². The largest absolute Gasteiger partial charge is 0.347 e. The Balaban J connectivity index is 1.45. The first-order valence-corrected chi connectivity index (χ1v) is 9.98. The van der Waals surface area contributed by atoms with Crippen LogP contribution in [0.4, 0.5) is 0 Å². The van der Waals surface area contributed by atoms with Crippen LogP contribution >= 0.6 is 0 Å². The van der Waals surface area contributed by atoms with Crippen LogP contribution in [0.3, 0.4) is 0 Å². The number of rotatable bonds is 4. The molecule has 0 atom stereocenters. The second kappa shape index (κ2) is 8.03. The van der Waals surface area contributed by atoms with E-state index in [1.165, 1.54) is 0 Å². The summed E-state index contributed by atoms with van der Waals surface area (Å²) in [6, 6.07) is 11.4. The van der Waals surface area contributed by atoms with E-state index in [2.05, 4.69) is 15.2 Å². The predicted octanol–water partition coefficient (Wildman–Crippen LogP) is 2.67. The van der Waals surface area contributed by atoms with Gasteiger partial charge in [0, 0.05) is 31.4 Å². The molecule has 0 saturated carbocycles. The van der Waals surface area contributed by atoms with Gasteiger partial charge in [0.05, 0.1) is 11.3 Å². The normalized spacial score (nSPS) is 14.9. The van der Waals surface area contributed by atoms with E-state index < -0.39 is 0 Å². The lowest BCUT2D eigenvalue weighted by atomic mass is 9.92. The molecular formula is C22H25N5O2. The molecule has 0 aliphatic carbocycles. The van der Waals surface area contributed by atoms with Crippen LogP contribution in [0.1, 0.15) is 40.3 Å². The third kappa shape index (κ3) is 3.85. The molecule has 3 aromatic rings. The van der Waals surface area contributed by atoms with Gasteiger partial charge >= 0.3 is 5.69 Å². The molecule has 0 spiro atoms. The summed E-state index contributed by atoms with van der Waals surface area (Å²) in [6.07, 6.45) is 4.19. The number of aromatic amines is 1. The number of likely N-dealkylation sites (tertiary alicyclic amines) is 1. The number of aryl methyl sites for hydroxylation is 2. The number of hydrogen-bond acceptors (Lipinski definition) is 4. The van der Waals surface area contributed by atoms with E-state index in [4.69, 9.17) is 0 Å². The summed E-state index contributed by atoms with van der Waals surface area (Å²) in [5.41, 5.74) is 3.12. The molecule has 29 heavy (non-hydrogen) atoms. The van der Waals surface area contributed by atoms with Gasteiger partial charge in [0.2, 0.25) is 0 Å². The van der Waals surface area contributed by atoms with Gasteiger partial charge in [-0.05, 0) is 56.4 Å². The number of carbonyl (C=O) groups is 1. The van der Waals surface area contributed by atoms with Gasteiger partial charge in [-0.25, -0.2) is 14.5 Å². The fourth-order valence-electron chi connectivity index (χ4n) is 4.01. The summed E-state index contributed by atoms with van der Waals surface area (Å²) in [4.78, 5) is 31.3. The monoisotopic (exact) mass is 391 g/mol. The van der Waals surface area contributed by atoms with Crippen molar-refractivity contribution in [3.05, 3.63) is 75.7 Å². The fourth-order valence-corrected chi connectivity index (χ4v) is 4.01. The van der Waals surface area contributed by atoms with Crippen molar-refractivity contribution in [2.45, 2.75) is 33.1 Å². The lowest BCUT2D eigenvalue weighted by molar-refractivity contribution is 0.0688. The number of piperidine rings is 1. The van der Waals surface area contributed by atoms with E-state index in [0.29, 0.717) is 31.0 Å². The highest BCUT2D eigenvalue weighted by Gasteiger charge is 2.26. The van der Waals surface area contributed by atoms with Crippen molar-refractivity contribution in [3.8, 4) is 5.69 Å². The minimum Gasteiger partial charge on any atom is -0.339 e. The highest BCUT2D eigenvalue weighted by molar-refractivity contribution is 5.95. The Morgan fingerprint density at radius 1 is 1.14 bits per heavy atom. The van der Waals surface area contributed by atoms with Crippen LogP contribution in [-0.2, 0) is 6.42 Å². The Kier molecular flexibility index (Phi) is 5.29. The molecule has 1 amide bonds. The van der Waals surface area contributed by atoms with Gasteiger partial charge in [0.1, 0.15) is 5.82 Å². The van der Waals surface area contributed by atoms with E-state index in [0.717, 1.165) is 35.6 Å². The van der Waals surface area contributed by atoms with Gasteiger partial charge in [0.25, 0.3) is 5.91 Å². The summed E-state index contributed by atoms with van der Waals surface area (Å²) in [7, 11) is 0. The van der Waals surface area contributed by atoms with Crippen LogP contribution in [0.2, 0.25) is 0 Å². The zero-order valence-corrected chi connectivity index (χ0v) is 16.8. The first-order valence-electron chi connectivity index (χ1n) is 9.98. The van der Waals surface area contributed by atoms with E-state index in [1.54, 1.807) is 16.8 Å². The van der Waals surface area contributed by atoms with Crippen molar-refractivity contribution in [1.82, 2.24) is 24.6 Å². The average molecular weight is 391 g/mol. The van der Waals surface area contributed by atoms with Crippen LogP contribution in [0.25, 0.3) is 5.69 Å². The lowest BCUT2D eigenvalue weighted by Crippen LogP contribution is -2.39. The molecule has 3 heterocycles. The number of nitrogens with one attached hydrogen (secondary N) is 1. The topological polar surface area (TPSA) is 83.9 Å². The van der Waals surface area contributed by atoms with Crippen molar-refractivity contribution in [2.75, 3.05) is 13.1 Å². The van der Waals surface area contributed by atoms with Crippen LogP contribution in [-0.4, -0.2) is 43.6 Å². The zero-order chi connectivity index (χ0) is 20.4. The van der Waals surface area contributed by atoms with Crippen molar-refractivity contribution in [3.63, 3.8) is 0 Å². The number of H-pyrrole nitrogens is 1. The molecule has 2 aromatic heterocycles. The van der Waals surface area contributed by atoms with E-state index >= 15 is 0 Å². The minimum atomic E-state index is -0.214. The molecule has 4 rings (SSSR count). The fraction of sp³-hybridized carbons (Fsp3) is 0.364. The highest BCUT2D eigenvalue weighted by atomic mass is 16.2. The molecule has 1 fully saturated rings. The number of carbonyl (C=O) groups excluding carboxylic acids is 1. The van der Waals surface area contributed by atoms with Crippen LogP contribution in [0.5, 0.6) is 0 Å². The number of benzene rings is 1. The maximum atomic E-state index is 12.8. The van der Waals surface area contributed by atoms with Crippen molar-refractivity contribution in [1.29, 1.82) is 0 Å². The SMILES string of the molecule is Cc1ccccc1-n1c(CC2CCN(C(=O)c3cccnc3C)CC2)n[nH]c1=O. The second-order valence-corrected chi connectivity index (χ2v) is 7.64. The number of para-hydroxylation sites is 1. The molecule has 7 heteroatoms. The molecule has 0 bridgehead atoms. The quantitative estimate of drug-likeness (QED) is 0.741. The lowest BCUT2D eigenvalue weighted by Gasteiger charge is -2.32. The summed E-state index contributed by atoms with van der Waals surface area (Å²) in [5, 5.41) is 6.87. The Morgan fingerprint density at radius 3 is 2.62 bits per heavy atom. The first-order chi connectivity index (χ1) is 14.0. The van der Waals surface area contributed by atoms with Gasteiger partial charge in [-0.2, -0.15) is 5.10 Å². The maximum Gasteiger partial charge on any atom is 0.347 e. The molecule has 1 aliphatic heterocycles. The van der Waals surface area contributed by atoms with Crippen LogP contribution in [0.15, 0.2) is 47.4 Å². The molecule has 150 valence electrons. The Labute approximate surface area is 169 Å². The molecule has 1 saturated heterocycles. The number of aromatic nitrogens is 4. The number of amides is 1. The number of pyridine rings is 1. The minimum absolute atomic E-state index is 0.0469. The Hall–Kier alpha value is -3.22. The van der Waals surface area contributed by atoms with Gasteiger partial charge in [-0.3, -0.25) is 9.78 Å². The molecule has 0 unspecified atom stereocenters. The Bertz CT molecular complexity index is 1080. The summed E-state index contributed by atoms with van der Waals surface area (Å²) >= 11 is 0. The third-order valence-electron chi connectivity index (χ3n) is 5.71. The molecule has 1 N–H and O–H groups in total. The van der Waals surface area contributed by atoms with E-state index in [9.17, 15) is 9.59 Å². The van der Waals surface area contributed by atoms with Crippen LogP contribution in [0, 0.1) is 19.8 Å². The smallest absolute Gasteiger partial charge is 0.339 e. The van der Waals surface area contributed by atoms with E-state index in [1.807, 2.05) is 49.1 Å². The maximum absolute atomic E-state index is 12.8. The molecule has 0 radical (unpaired) electrons. The molecule has 7 nitrogen and oxygen atoms in total. The molecule has 1 aromatic carbocycles. The van der Waals surface area contributed by atoms with Crippen molar-refractivity contribution in [2.24, 2.45) is 5.92 Å². The second-order valence-electron chi connectivity index (χ2n) is 7.64. The standard InChI is InChI=1S/C22H25N5O2/c1-15-6-3-4-8-19(15)27-20(24-25-22(27)29)14-17-9-12-26(13-10-17)21(28)18-7-5-11-23-16(18)2/h3-8,11,17H,9-10,12-14H2,1-2H3,(H,25,29). The predicted molar refractivity (Wildman–Crippen MR) is 110 cm³/mol. The highest BCUT2D eigenvalue weighted by Crippen LogP contribution is 2.23. The third-order valence-corrected chi connectivity index (χ3v) is 5.71. The summed E-state index contributed by atoms with van der Waals surface area (Å²) in [5.74, 6) is 1.18. The average Bonchev–Trinajstić information content (AvgIpc) is 3.09. The van der Waals surface area contributed by atoms with Gasteiger partial charge < -0.3 is 4.90 Å². The van der Waals surface area contributed by atoms with Crippen LogP contribution < -0.4 is 5.69 Å². The van der Waals surface area contributed by atoms with E-state index in [-0.39, 0.29) is 11.6 Å². The zero-order valence-electron chi connectivity index (χ0n) is 16.8. The summed E-state index contributed by atoms with van der Waals surface area (Å²) in [6.45, 7) is 5.26. The van der Waals surface area contributed by atoms with Gasteiger partial charge in [0.15, 0.2) is 0 Å². The van der Waals surface area contributed by atoms with Gasteiger partial charge in [-0.1, -0.05) is 18.2 Å². The summed E-state index contributed by atoms with van der Waals surface area (Å²) < 4.78 is 1.67. The first kappa shape index (κ1) is 19.1. The number of nitrogens with zero attached hydrogens (tertiary/aromatic N) is 4. The van der Waals surface area contributed by atoms with Crippen molar-refractivity contribution >= 4 is 5.91 Å². The number of hydrogen-bond donors (Lipinski definition) is 1. The Morgan fingerprint density at radius 2 is 1.90 bits per heavy atom.